The zero-order chi connectivity index (χ0) is 19.6. The topological polar surface area (TPSA) is 114 Å². The molecule has 0 atom stereocenters. The van der Waals surface area contributed by atoms with Gasteiger partial charge in [-0.1, -0.05) is 23.2 Å². The van der Waals surface area contributed by atoms with Gasteiger partial charge in [-0.05, 0) is 17.5 Å². The van der Waals surface area contributed by atoms with Crippen molar-refractivity contribution in [2.24, 2.45) is 5.73 Å². The maximum atomic E-state index is 12.0. The minimum Gasteiger partial charge on any atom is -0.418 e. The number of hydrogen-bond acceptors (Lipinski definition) is 7. The third kappa shape index (κ3) is 4.59. The molecule has 0 aliphatic heterocycles. The van der Waals surface area contributed by atoms with Gasteiger partial charge in [0.1, 0.15) is 4.88 Å². The van der Waals surface area contributed by atoms with E-state index in [0.717, 1.165) is 5.56 Å². The molecular formula is C15H13Cl2N5O3S2. The van der Waals surface area contributed by atoms with Crippen molar-refractivity contribution in [3.05, 3.63) is 43.2 Å². The molecule has 3 rings (SSSR count). The van der Waals surface area contributed by atoms with E-state index in [1.165, 1.54) is 27.6 Å². The van der Waals surface area contributed by atoms with Crippen molar-refractivity contribution < 1.29 is 14.0 Å². The average Bonchev–Trinajstić information content (AvgIpc) is 3.34. The van der Waals surface area contributed by atoms with E-state index in [0.29, 0.717) is 19.1 Å². The quantitative estimate of drug-likeness (QED) is 0.601. The van der Waals surface area contributed by atoms with Gasteiger partial charge in [-0.25, -0.2) is 4.79 Å². The number of carbonyl (C=O) groups excluding carboxylic acids is 2. The SMILES string of the molecule is CN(Cc1csc(-c2nnc(CNC(=O)c3ccc(Cl)s3)o2)c1Cl)C(N)=O. The summed E-state index contributed by atoms with van der Waals surface area (Å²) in [7, 11) is 1.57. The first-order valence-electron chi connectivity index (χ1n) is 7.48. The highest BCUT2D eigenvalue weighted by Crippen LogP contribution is 2.36. The van der Waals surface area contributed by atoms with Crippen LogP contribution in [0.3, 0.4) is 0 Å². The summed E-state index contributed by atoms with van der Waals surface area (Å²) in [6.45, 7) is 0.340. The van der Waals surface area contributed by atoms with E-state index in [2.05, 4.69) is 15.5 Å². The maximum Gasteiger partial charge on any atom is 0.314 e. The van der Waals surface area contributed by atoms with Gasteiger partial charge in [-0.15, -0.1) is 32.9 Å². The van der Waals surface area contributed by atoms with Crippen molar-refractivity contribution in [2.75, 3.05) is 7.05 Å². The molecule has 12 heteroatoms. The van der Waals surface area contributed by atoms with E-state index in [4.69, 9.17) is 33.4 Å². The van der Waals surface area contributed by atoms with Crippen LogP contribution in [0, 0.1) is 0 Å². The second-order valence-electron chi connectivity index (χ2n) is 5.39. The van der Waals surface area contributed by atoms with Crippen LogP contribution in [0.15, 0.2) is 21.9 Å². The lowest BCUT2D eigenvalue weighted by molar-refractivity contribution is 0.0951. The van der Waals surface area contributed by atoms with Crippen molar-refractivity contribution in [2.45, 2.75) is 13.1 Å². The van der Waals surface area contributed by atoms with E-state index in [-0.39, 0.29) is 30.8 Å². The molecule has 0 saturated heterocycles. The minimum atomic E-state index is -0.554. The molecule has 0 saturated carbocycles. The number of thiophene rings is 2. The molecule has 3 heterocycles. The van der Waals surface area contributed by atoms with Gasteiger partial charge < -0.3 is 20.4 Å². The summed E-state index contributed by atoms with van der Waals surface area (Å²) in [5, 5.41) is 12.8. The van der Waals surface area contributed by atoms with E-state index in [1.807, 2.05) is 0 Å². The molecule has 0 spiro atoms. The Balaban J connectivity index is 1.66. The fraction of sp³-hybridized carbons (Fsp3) is 0.200. The Morgan fingerprint density at radius 3 is 2.78 bits per heavy atom. The van der Waals surface area contributed by atoms with Crippen molar-refractivity contribution in [1.29, 1.82) is 0 Å². The Kier molecular flexibility index (Phi) is 6.00. The van der Waals surface area contributed by atoms with Gasteiger partial charge in [-0.3, -0.25) is 4.79 Å². The number of primary amides is 1. The van der Waals surface area contributed by atoms with Crippen molar-refractivity contribution >= 4 is 57.8 Å². The molecule has 3 amide bonds. The highest BCUT2D eigenvalue weighted by atomic mass is 35.5. The van der Waals surface area contributed by atoms with Gasteiger partial charge in [0.15, 0.2) is 0 Å². The maximum absolute atomic E-state index is 12.0. The van der Waals surface area contributed by atoms with Crippen LogP contribution in [0.4, 0.5) is 4.79 Å². The molecule has 3 aromatic heterocycles. The number of nitrogens with one attached hydrogen (secondary N) is 1. The first-order chi connectivity index (χ1) is 12.8. The summed E-state index contributed by atoms with van der Waals surface area (Å²) in [5.41, 5.74) is 5.94. The summed E-state index contributed by atoms with van der Waals surface area (Å²) >= 11 is 14.7. The minimum absolute atomic E-state index is 0.0710. The number of nitrogens with two attached hydrogens (primary N) is 1. The molecule has 3 N–H and O–H groups in total. The predicted octanol–water partition coefficient (Wildman–Crippen LogP) is 3.61. The normalized spacial score (nSPS) is 10.8. The number of nitrogens with zero attached hydrogens (tertiary/aromatic N) is 3. The molecule has 0 bridgehead atoms. The van der Waals surface area contributed by atoms with E-state index < -0.39 is 6.03 Å². The van der Waals surface area contributed by atoms with Crippen LogP contribution in [0.25, 0.3) is 10.8 Å². The summed E-state index contributed by atoms with van der Waals surface area (Å²) in [5.74, 6) is 0.195. The van der Waals surface area contributed by atoms with Crippen molar-refractivity contribution in [3.63, 3.8) is 0 Å². The summed E-state index contributed by atoms with van der Waals surface area (Å²) in [6.07, 6.45) is 0. The molecule has 8 nitrogen and oxygen atoms in total. The fourth-order valence-electron chi connectivity index (χ4n) is 2.06. The Morgan fingerprint density at radius 2 is 2.11 bits per heavy atom. The van der Waals surface area contributed by atoms with E-state index >= 15 is 0 Å². The van der Waals surface area contributed by atoms with Gasteiger partial charge in [0.2, 0.25) is 5.89 Å². The lowest BCUT2D eigenvalue weighted by Gasteiger charge is -2.12. The molecule has 3 aromatic rings. The zero-order valence-electron chi connectivity index (χ0n) is 13.9. The van der Waals surface area contributed by atoms with Crippen LogP contribution < -0.4 is 11.1 Å². The third-order valence-electron chi connectivity index (χ3n) is 3.44. The second-order valence-corrected chi connectivity index (χ2v) is 8.36. The number of aromatic nitrogens is 2. The Bertz CT molecular complexity index is 984. The average molecular weight is 446 g/mol. The number of rotatable bonds is 6. The Hall–Kier alpha value is -2.14. The van der Waals surface area contributed by atoms with Crippen LogP contribution in [-0.2, 0) is 13.1 Å². The summed E-state index contributed by atoms with van der Waals surface area (Å²) in [4.78, 5) is 25.6. The highest BCUT2D eigenvalue weighted by Gasteiger charge is 2.19. The van der Waals surface area contributed by atoms with Crippen LogP contribution >= 0.6 is 45.9 Å². The van der Waals surface area contributed by atoms with Gasteiger partial charge in [0, 0.05) is 19.2 Å². The van der Waals surface area contributed by atoms with E-state index in [1.54, 1.807) is 24.6 Å². The smallest absolute Gasteiger partial charge is 0.314 e. The van der Waals surface area contributed by atoms with Gasteiger partial charge in [0.05, 0.1) is 20.8 Å². The van der Waals surface area contributed by atoms with Crippen molar-refractivity contribution in [1.82, 2.24) is 20.4 Å². The summed E-state index contributed by atoms with van der Waals surface area (Å²) in [6, 6.07) is 2.73. The Labute approximate surface area is 171 Å². The molecule has 0 aromatic carbocycles. The molecular weight excluding hydrogens is 433 g/mol. The monoisotopic (exact) mass is 445 g/mol. The largest absolute Gasteiger partial charge is 0.418 e. The number of hydrogen-bond donors (Lipinski definition) is 2. The van der Waals surface area contributed by atoms with Crippen LogP contribution in [0.2, 0.25) is 9.36 Å². The lowest BCUT2D eigenvalue weighted by Crippen LogP contribution is -2.31. The summed E-state index contributed by atoms with van der Waals surface area (Å²) < 4.78 is 6.10. The standard InChI is InChI=1S/C15H13Cl2N5O3S2/c1-22(15(18)24)5-7-6-26-12(11(7)17)14-21-20-10(25-14)4-19-13(23)8-2-3-9(16)27-8/h2-3,6H,4-5H2,1H3,(H2,18,24)(H,19,23). The number of carbonyl (C=O) groups is 2. The number of urea groups is 1. The number of amides is 3. The molecule has 0 fully saturated rings. The van der Waals surface area contributed by atoms with Crippen LogP contribution in [-0.4, -0.2) is 34.1 Å². The zero-order valence-corrected chi connectivity index (χ0v) is 17.0. The Morgan fingerprint density at radius 1 is 1.33 bits per heavy atom. The first kappa shape index (κ1) is 19.6. The molecule has 27 heavy (non-hydrogen) atoms. The molecule has 0 aliphatic rings. The molecule has 0 aliphatic carbocycles. The molecule has 0 radical (unpaired) electrons. The van der Waals surface area contributed by atoms with Gasteiger partial charge in [-0.2, -0.15) is 0 Å². The lowest BCUT2D eigenvalue weighted by atomic mass is 10.3. The predicted molar refractivity (Wildman–Crippen MR) is 104 cm³/mol. The van der Waals surface area contributed by atoms with Crippen molar-refractivity contribution in [3.8, 4) is 10.8 Å². The van der Waals surface area contributed by atoms with Gasteiger partial charge in [0.25, 0.3) is 11.8 Å². The first-order valence-corrected chi connectivity index (χ1v) is 9.93. The van der Waals surface area contributed by atoms with Crippen LogP contribution in [0.5, 0.6) is 0 Å². The van der Waals surface area contributed by atoms with Gasteiger partial charge >= 0.3 is 6.03 Å². The van der Waals surface area contributed by atoms with Crippen LogP contribution in [0.1, 0.15) is 21.1 Å². The highest BCUT2D eigenvalue weighted by molar-refractivity contribution is 7.18. The molecule has 142 valence electrons. The molecule has 0 unspecified atom stereocenters. The number of halogens is 2. The second kappa shape index (κ2) is 8.26. The third-order valence-corrected chi connectivity index (χ3v) is 6.23. The fourth-order valence-corrected chi connectivity index (χ4v) is 4.28. The van der Waals surface area contributed by atoms with E-state index in [9.17, 15) is 9.59 Å².